The summed E-state index contributed by atoms with van der Waals surface area (Å²) in [6, 6.07) is 4.70. The van der Waals surface area contributed by atoms with Crippen LogP contribution in [0.2, 0.25) is 0 Å². The Hall–Kier alpha value is -1.89. The Kier molecular flexibility index (Phi) is 3.61. The Bertz CT molecular complexity index is 582. The Morgan fingerprint density at radius 2 is 2.33 bits per heavy atom. The average molecular weight is 313 g/mol. The second-order valence-electron chi connectivity index (χ2n) is 3.47. The number of benzene rings is 1. The normalized spacial score (nSPS) is 10.3. The molecule has 0 atom stereocenters. The maximum atomic E-state index is 10.9. The first kappa shape index (κ1) is 12.6. The second kappa shape index (κ2) is 5.18. The number of hydrogen-bond donors (Lipinski definition) is 1. The summed E-state index contributed by atoms with van der Waals surface area (Å²) in [5.41, 5.74) is 0.136. The zero-order valence-electron chi connectivity index (χ0n) is 9.38. The molecule has 0 saturated heterocycles. The second-order valence-corrected chi connectivity index (χ2v) is 4.32. The third-order valence-corrected chi connectivity index (χ3v) is 2.80. The van der Waals surface area contributed by atoms with Gasteiger partial charge in [-0.25, -0.2) is 4.79 Å². The predicted molar refractivity (Wildman–Crippen MR) is 64.5 cm³/mol. The lowest BCUT2D eigenvalue weighted by Gasteiger charge is -2.05. The highest BCUT2D eigenvalue weighted by Crippen LogP contribution is 2.23. The van der Waals surface area contributed by atoms with E-state index >= 15 is 0 Å². The molecule has 18 heavy (non-hydrogen) atoms. The minimum atomic E-state index is -1.03. The van der Waals surface area contributed by atoms with Gasteiger partial charge >= 0.3 is 5.97 Å². The van der Waals surface area contributed by atoms with Gasteiger partial charge < -0.3 is 14.4 Å². The molecule has 0 unspecified atom stereocenters. The Labute approximate surface area is 111 Å². The number of nitrogens with zero attached hydrogens (tertiary/aromatic N) is 2. The van der Waals surface area contributed by atoms with Crippen LogP contribution in [0.3, 0.4) is 0 Å². The summed E-state index contributed by atoms with van der Waals surface area (Å²) >= 11 is 3.15. The van der Waals surface area contributed by atoms with Crippen molar-refractivity contribution in [3.63, 3.8) is 0 Å². The van der Waals surface area contributed by atoms with Gasteiger partial charge in [-0.2, -0.15) is 4.98 Å². The number of aromatic carboxylic acids is 1. The number of halogens is 1. The Morgan fingerprint density at radius 1 is 1.56 bits per heavy atom. The molecular weight excluding hydrogens is 304 g/mol. The fourth-order valence-corrected chi connectivity index (χ4v) is 1.72. The van der Waals surface area contributed by atoms with Crippen LogP contribution in [0.4, 0.5) is 0 Å². The zero-order chi connectivity index (χ0) is 13.1. The first-order valence-corrected chi connectivity index (χ1v) is 5.80. The highest BCUT2D eigenvalue weighted by Gasteiger charge is 2.10. The summed E-state index contributed by atoms with van der Waals surface area (Å²) in [6.07, 6.45) is 0. The highest BCUT2D eigenvalue weighted by molar-refractivity contribution is 9.10. The predicted octanol–water partition coefficient (Wildman–Crippen LogP) is 2.42. The molecule has 1 N–H and O–H groups in total. The van der Waals surface area contributed by atoms with E-state index in [4.69, 9.17) is 14.4 Å². The number of carboxylic acid groups (broad SMARTS) is 1. The maximum Gasteiger partial charge on any atom is 0.336 e. The van der Waals surface area contributed by atoms with Gasteiger partial charge in [0.15, 0.2) is 6.61 Å². The molecule has 0 fully saturated rings. The van der Waals surface area contributed by atoms with Crippen LogP contribution < -0.4 is 4.74 Å². The number of rotatable bonds is 4. The molecule has 1 aromatic heterocycles. The third kappa shape index (κ3) is 2.86. The smallest absolute Gasteiger partial charge is 0.336 e. The number of hydrogen-bond acceptors (Lipinski definition) is 5. The molecule has 7 heteroatoms. The van der Waals surface area contributed by atoms with Gasteiger partial charge in [0.05, 0.1) is 5.56 Å². The fraction of sp³-hybridized carbons (Fsp3) is 0.182. The molecule has 1 heterocycles. The van der Waals surface area contributed by atoms with E-state index in [-0.39, 0.29) is 12.2 Å². The number of aryl methyl sites for hydroxylation is 1. The molecule has 2 aromatic rings. The molecule has 94 valence electrons. The van der Waals surface area contributed by atoms with Crippen LogP contribution in [-0.2, 0) is 6.61 Å². The van der Waals surface area contributed by atoms with Gasteiger partial charge in [-0.15, -0.1) is 0 Å². The van der Waals surface area contributed by atoms with Crippen LogP contribution in [0.1, 0.15) is 22.1 Å². The highest BCUT2D eigenvalue weighted by atomic mass is 79.9. The number of ether oxygens (including phenoxy) is 1. The van der Waals surface area contributed by atoms with E-state index in [1.165, 1.54) is 6.07 Å². The van der Waals surface area contributed by atoms with E-state index in [9.17, 15) is 4.79 Å². The van der Waals surface area contributed by atoms with Gasteiger partial charge in [0, 0.05) is 11.4 Å². The van der Waals surface area contributed by atoms with Crippen molar-refractivity contribution in [3.8, 4) is 5.75 Å². The van der Waals surface area contributed by atoms with Crippen LogP contribution in [-0.4, -0.2) is 21.2 Å². The van der Waals surface area contributed by atoms with E-state index in [1.807, 2.05) is 0 Å². The molecule has 6 nitrogen and oxygen atoms in total. The molecule has 0 bridgehead atoms. The lowest BCUT2D eigenvalue weighted by atomic mass is 10.2. The van der Waals surface area contributed by atoms with E-state index in [0.717, 1.165) is 0 Å². The lowest BCUT2D eigenvalue weighted by molar-refractivity contribution is 0.0695. The molecule has 0 aliphatic carbocycles. The Balaban J connectivity index is 2.10. The van der Waals surface area contributed by atoms with E-state index in [2.05, 4.69) is 26.1 Å². The van der Waals surface area contributed by atoms with E-state index in [0.29, 0.717) is 21.9 Å². The van der Waals surface area contributed by atoms with Crippen molar-refractivity contribution in [2.24, 2.45) is 0 Å². The van der Waals surface area contributed by atoms with Gasteiger partial charge in [0.2, 0.25) is 11.7 Å². The molecule has 1 aromatic carbocycles. The lowest BCUT2D eigenvalue weighted by Crippen LogP contribution is -2.01. The maximum absolute atomic E-state index is 10.9. The van der Waals surface area contributed by atoms with Gasteiger partial charge in [-0.1, -0.05) is 5.16 Å². The van der Waals surface area contributed by atoms with Crippen molar-refractivity contribution in [2.75, 3.05) is 0 Å². The molecule has 0 amide bonds. The van der Waals surface area contributed by atoms with Gasteiger partial charge in [0.1, 0.15) is 5.75 Å². The topological polar surface area (TPSA) is 85.5 Å². The number of carbonyl (C=O) groups is 1. The van der Waals surface area contributed by atoms with Crippen molar-refractivity contribution >= 4 is 21.9 Å². The van der Waals surface area contributed by atoms with Gasteiger partial charge in [-0.3, -0.25) is 0 Å². The van der Waals surface area contributed by atoms with Crippen molar-refractivity contribution in [2.45, 2.75) is 13.5 Å². The molecule has 2 rings (SSSR count). The first-order valence-electron chi connectivity index (χ1n) is 5.01. The largest absolute Gasteiger partial charge is 0.485 e. The molecule has 0 radical (unpaired) electrons. The SMILES string of the molecule is Cc1nc(COc2ccc(Br)c(C(=O)O)c2)no1. The average Bonchev–Trinajstić information content (AvgIpc) is 2.74. The standard InChI is InChI=1S/C11H9BrN2O4/c1-6-13-10(14-18-6)5-17-7-2-3-9(12)8(4-7)11(15)16/h2-4H,5H2,1H3,(H,15,16). The van der Waals surface area contributed by atoms with Crippen LogP contribution in [0.15, 0.2) is 27.2 Å². The van der Waals surface area contributed by atoms with E-state index < -0.39 is 5.97 Å². The quantitative estimate of drug-likeness (QED) is 0.933. The summed E-state index contributed by atoms with van der Waals surface area (Å²) in [6.45, 7) is 1.80. The summed E-state index contributed by atoms with van der Waals surface area (Å²) < 4.78 is 10.7. The minimum Gasteiger partial charge on any atom is -0.485 e. The van der Waals surface area contributed by atoms with Gasteiger partial charge in [-0.05, 0) is 34.1 Å². The Morgan fingerprint density at radius 3 is 2.94 bits per heavy atom. The molecular formula is C11H9BrN2O4. The molecule has 0 aliphatic rings. The zero-order valence-corrected chi connectivity index (χ0v) is 11.0. The van der Waals surface area contributed by atoms with Crippen molar-refractivity contribution in [1.29, 1.82) is 0 Å². The van der Waals surface area contributed by atoms with Crippen LogP contribution in [0.5, 0.6) is 5.75 Å². The number of carboxylic acids is 1. The van der Waals surface area contributed by atoms with Crippen molar-refractivity contribution in [3.05, 3.63) is 40.0 Å². The first-order chi connectivity index (χ1) is 8.56. The van der Waals surface area contributed by atoms with Crippen molar-refractivity contribution in [1.82, 2.24) is 10.1 Å². The molecule has 0 spiro atoms. The summed E-state index contributed by atoms with van der Waals surface area (Å²) in [7, 11) is 0. The van der Waals surface area contributed by atoms with Crippen LogP contribution in [0.25, 0.3) is 0 Å². The third-order valence-electron chi connectivity index (χ3n) is 2.11. The van der Waals surface area contributed by atoms with Crippen LogP contribution >= 0.6 is 15.9 Å². The summed E-state index contributed by atoms with van der Waals surface area (Å²) in [4.78, 5) is 14.9. The molecule has 0 saturated carbocycles. The molecule has 0 aliphatic heterocycles. The van der Waals surface area contributed by atoms with Crippen LogP contribution in [0, 0.1) is 6.92 Å². The van der Waals surface area contributed by atoms with E-state index in [1.54, 1.807) is 19.1 Å². The number of aromatic nitrogens is 2. The van der Waals surface area contributed by atoms with Crippen molar-refractivity contribution < 1.29 is 19.2 Å². The minimum absolute atomic E-state index is 0.123. The monoisotopic (exact) mass is 312 g/mol. The summed E-state index contributed by atoms with van der Waals surface area (Å²) in [5.74, 6) is 0.267. The fourth-order valence-electron chi connectivity index (χ4n) is 1.31. The van der Waals surface area contributed by atoms with Gasteiger partial charge in [0.25, 0.3) is 0 Å². The summed E-state index contributed by atoms with van der Waals surface area (Å²) in [5, 5.41) is 12.6.